The molecule has 0 spiro atoms. The van der Waals surface area contributed by atoms with Gasteiger partial charge < -0.3 is 14.8 Å². The van der Waals surface area contributed by atoms with E-state index in [0.717, 1.165) is 11.1 Å². The molecular weight excluding hydrogens is 496 g/mol. The lowest BCUT2D eigenvalue weighted by Gasteiger charge is -2.26. The average molecular weight is 515 g/mol. The Morgan fingerprint density at radius 1 is 0.892 bits per heavy atom. The summed E-state index contributed by atoms with van der Waals surface area (Å²) >= 11 is 0. The van der Waals surface area contributed by atoms with Crippen LogP contribution >= 0.6 is 0 Å². The summed E-state index contributed by atoms with van der Waals surface area (Å²) in [4.78, 5) is 24.4. The van der Waals surface area contributed by atoms with Crippen LogP contribution in [0.25, 0.3) is 21.7 Å². The lowest BCUT2D eigenvalue weighted by molar-refractivity contribution is 0.484. The van der Waals surface area contributed by atoms with E-state index < -0.39 is 36.6 Å². The van der Waals surface area contributed by atoms with E-state index in [-0.39, 0.29) is 22.2 Å². The molecule has 11 nitrogen and oxygen atoms in total. The van der Waals surface area contributed by atoms with E-state index in [9.17, 15) is 18.0 Å². The van der Waals surface area contributed by atoms with Gasteiger partial charge in [-0.25, -0.2) is 0 Å². The zero-order valence-electron chi connectivity index (χ0n) is 19.6. The van der Waals surface area contributed by atoms with Crippen LogP contribution < -0.4 is 25.8 Å². The van der Waals surface area contributed by atoms with Gasteiger partial charge in [0.05, 0.1) is 0 Å². The Labute approximate surface area is 210 Å². The minimum atomic E-state index is -4.86. The van der Waals surface area contributed by atoms with Crippen molar-refractivity contribution < 1.29 is 12.6 Å². The Bertz CT molecular complexity index is 1850. The molecule has 4 rings (SSSR count). The number of diazo groups is 1. The van der Waals surface area contributed by atoms with Crippen LogP contribution in [-0.2, 0) is 15.5 Å². The van der Waals surface area contributed by atoms with Crippen LogP contribution in [0.2, 0.25) is 0 Å². The minimum absolute atomic E-state index is 0.0902. The molecule has 0 bridgehead atoms. The van der Waals surface area contributed by atoms with Gasteiger partial charge in [0.2, 0.25) is 10.9 Å². The molecule has 0 unspecified atom stereocenters. The van der Waals surface area contributed by atoms with E-state index >= 15 is 0 Å². The van der Waals surface area contributed by atoms with Gasteiger partial charge in [-0.3, -0.25) is 14.8 Å². The molecule has 2 aromatic rings. The molecule has 37 heavy (non-hydrogen) atoms. The van der Waals surface area contributed by atoms with Crippen molar-refractivity contribution in [3.05, 3.63) is 126 Å². The third kappa shape index (κ3) is 4.55. The first kappa shape index (κ1) is 25.2. The minimum Gasteiger partial charge on any atom is -0.379 e. The lowest BCUT2D eigenvalue weighted by Crippen LogP contribution is -2.45. The third-order valence-electron chi connectivity index (χ3n) is 5.98. The summed E-state index contributed by atoms with van der Waals surface area (Å²) in [5.41, 5.74) is 7.35. The Morgan fingerprint density at radius 2 is 1.54 bits per heavy atom. The lowest BCUT2D eigenvalue weighted by atomic mass is 9.78. The summed E-state index contributed by atoms with van der Waals surface area (Å²) in [6.45, 7) is 4.04. The summed E-state index contributed by atoms with van der Waals surface area (Å²) in [6.07, 6.45) is 0. The van der Waals surface area contributed by atoms with Crippen LogP contribution in [0.1, 0.15) is 25.0 Å². The maximum atomic E-state index is 13.5. The van der Waals surface area contributed by atoms with E-state index in [1.54, 1.807) is 12.1 Å². The van der Waals surface area contributed by atoms with Crippen molar-refractivity contribution in [1.29, 1.82) is 5.39 Å². The zero-order valence-corrected chi connectivity index (χ0v) is 20.4. The Kier molecular flexibility index (Phi) is 6.56. The van der Waals surface area contributed by atoms with Gasteiger partial charge in [0.25, 0.3) is 5.39 Å². The van der Waals surface area contributed by atoms with Crippen LogP contribution in [0.15, 0.2) is 103 Å². The van der Waals surface area contributed by atoms with E-state index in [0.29, 0.717) is 0 Å². The van der Waals surface area contributed by atoms with E-state index in [4.69, 9.17) is 15.1 Å². The summed E-state index contributed by atoms with van der Waals surface area (Å²) in [5, 5.41) is 19.5. The zero-order chi connectivity index (χ0) is 26.8. The highest BCUT2D eigenvalue weighted by Gasteiger charge is 2.30. The van der Waals surface area contributed by atoms with E-state index in [1.807, 2.05) is 44.2 Å². The molecule has 12 heteroatoms. The summed E-state index contributed by atoms with van der Waals surface area (Å²) in [5.74, 6) is -0.0902. The Hall–Kier alpha value is -4.89. The second kappa shape index (κ2) is 9.63. The molecule has 0 heterocycles. The molecule has 0 saturated heterocycles. The molecule has 2 aliphatic carbocycles. The highest BCUT2D eigenvalue weighted by Crippen LogP contribution is 2.33. The molecule has 0 aliphatic heterocycles. The van der Waals surface area contributed by atoms with Crippen molar-refractivity contribution in [3.63, 3.8) is 0 Å². The van der Waals surface area contributed by atoms with Gasteiger partial charge in [-0.05, 0) is 29.3 Å². The molecule has 0 N–H and O–H groups in total. The highest BCUT2D eigenvalue weighted by atomic mass is 32.2. The SMILES string of the molecule is CC(C)(c1ccccc1)c1ccc(OS(=O)(=O)c2c3c(=N[N+]#N)cccc-3c(=O)c(=O)c2=NN=[N-])cc1. The number of hydrogen-bond donors (Lipinski definition) is 0. The van der Waals surface area contributed by atoms with Gasteiger partial charge >= 0.3 is 15.2 Å². The van der Waals surface area contributed by atoms with Crippen molar-refractivity contribution >= 4 is 10.1 Å². The van der Waals surface area contributed by atoms with Crippen molar-refractivity contribution in [2.75, 3.05) is 0 Å². The number of nitrogens with zero attached hydrogens (tertiary/aromatic N) is 6. The summed E-state index contributed by atoms with van der Waals surface area (Å²) in [7, 11) is -4.86. The Balaban J connectivity index is 1.88. The first-order valence-corrected chi connectivity index (χ1v) is 12.2. The normalized spacial score (nSPS) is 12.9. The van der Waals surface area contributed by atoms with Crippen molar-refractivity contribution in [3.8, 4) is 16.9 Å². The van der Waals surface area contributed by atoms with Crippen LogP contribution in [0.3, 0.4) is 0 Å². The highest BCUT2D eigenvalue weighted by molar-refractivity contribution is 7.87. The smallest absolute Gasteiger partial charge is 0.340 e. The number of fused-ring (bicyclic) bond motifs is 1. The van der Waals surface area contributed by atoms with Crippen LogP contribution in [0.5, 0.6) is 5.75 Å². The van der Waals surface area contributed by atoms with E-state index in [2.05, 4.69) is 20.5 Å². The number of rotatable bonds is 6. The fraction of sp³-hybridized carbons (Fsp3) is 0.120. The molecule has 0 aromatic heterocycles. The quantitative estimate of drug-likeness (QED) is 0.126. The maximum Gasteiger partial charge on any atom is 0.340 e. The largest absolute Gasteiger partial charge is 0.379 e. The molecule has 2 aromatic carbocycles. The fourth-order valence-electron chi connectivity index (χ4n) is 4.05. The number of benzene rings is 4. The second-order valence-electron chi connectivity index (χ2n) is 8.47. The van der Waals surface area contributed by atoms with Gasteiger partial charge in [-0.1, -0.05) is 68.4 Å². The topological polar surface area (TPSA) is 165 Å². The van der Waals surface area contributed by atoms with E-state index in [1.165, 1.54) is 30.3 Å². The van der Waals surface area contributed by atoms with Gasteiger partial charge in [0, 0.05) is 21.9 Å². The molecule has 184 valence electrons. The van der Waals surface area contributed by atoms with Gasteiger partial charge in [0.1, 0.15) is 10.6 Å². The van der Waals surface area contributed by atoms with Gasteiger partial charge in [-0.2, -0.15) is 8.42 Å². The first-order valence-electron chi connectivity index (χ1n) is 10.8. The third-order valence-corrected chi connectivity index (χ3v) is 7.28. The molecule has 0 radical (unpaired) electrons. The van der Waals surface area contributed by atoms with Gasteiger partial charge in [0.15, 0.2) is 10.5 Å². The van der Waals surface area contributed by atoms with Gasteiger partial charge in [-0.15, -0.1) is 0 Å². The summed E-state index contributed by atoms with van der Waals surface area (Å²) in [6, 6.07) is 19.8. The molecule has 0 amide bonds. The predicted octanol–water partition coefficient (Wildman–Crippen LogP) is 2.99. The predicted molar refractivity (Wildman–Crippen MR) is 133 cm³/mol. The molecule has 0 fully saturated rings. The second-order valence-corrected chi connectivity index (χ2v) is 9.95. The Morgan fingerprint density at radius 3 is 2.16 bits per heavy atom. The first-order chi connectivity index (χ1) is 17.6. The van der Waals surface area contributed by atoms with Crippen LogP contribution in [0, 0.1) is 5.39 Å². The standard InChI is InChI=1S/C25H18N6O5S/c1-25(2,15-7-4-3-5-8-15)16-11-13-17(14-12-16)36-37(34,35)24-20-18(9-6-10-19(20)28-30-26)22(32)23(33)21(24)29-31-27/h3-14H,1-2H3. The van der Waals surface area contributed by atoms with Crippen LogP contribution in [0.4, 0.5) is 0 Å². The van der Waals surface area contributed by atoms with Crippen LogP contribution in [-0.4, -0.2) is 8.42 Å². The summed E-state index contributed by atoms with van der Waals surface area (Å²) < 4.78 is 32.2. The maximum absolute atomic E-state index is 13.5. The molecule has 0 saturated carbocycles. The van der Waals surface area contributed by atoms with Crippen molar-refractivity contribution in [2.45, 2.75) is 24.2 Å². The average Bonchev–Trinajstić information content (AvgIpc) is 2.88. The molecular formula is C25H18N6O5S. The van der Waals surface area contributed by atoms with Crippen molar-refractivity contribution in [1.82, 2.24) is 0 Å². The molecule has 2 aliphatic rings. The number of hydrogen-bond acceptors (Lipinski definition) is 8. The van der Waals surface area contributed by atoms with Crippen molar-refractivity contribution in [2.24, 2.45) is 15.4 Å². The monoisotopic (exact) mass is 514 g/mol. The fourth-order valence-corrected chi connectivity index (χ4v) is 5.33. The molecule has 0 atom stereocenters.